The van der Waals surface area contributed by atoms with Gasteiger partial charge in [-0.15, -0.1) is 0 Å². The summed E-state index contributed by atoms with van der Waals surface area (Å²) < 4.78 is 27.5. The molecule has 0 radical (unpaired) electrons. The molecule has 8 nitrogen and oxygen atoms in total. The third-order valence-corrected chi connectivity index (χ3v) is 9.79. The molecule has 6 atom stereocenters. The summed E-state index contributed by atoms with van der Waals surface area (Å²) in [5.41, 5.74) is 7.09. The quantitative estimate of drug-likeness (QED) is 0.380. The molecule has 2 aliphatic rings. The second-order valence-electron chi connectivity index (χ2n) is 11.2. The number of nitrogens with zero attached hydrogens (tertiary/aromatic N) is 2. The molecule has 0 amide bonds. The molecule has 9 heteroatoms. The zero-order chi connectivity index (χ0) is 27.8. The number of hydrogen-bond acceptors (Lipinski definition) is 7. The molecule has 5 N–H and O–H groups in total. The second kappa shape index (κ2) is 14.9. The highest BCUT2D eigenvalue weighted by atomic mass is 32.2. The minimum atomic E-state index is -3.60. The van der Waals surface area contributed by atoms with E-state index in [9.17, 15) is 18.6 Å². The van der Waals surface area contributed by atoms with Gasteiger partial charge in [-0.1, -0.05) is 25.0 Å². The minimum Gasteiger partial charge on any atom is -0.390 e. The Morgan fingerprint density at radius 3 is 1.81 bits per heavy atom. The molecular formula is C28H52N4O4S. The van der Waals surface area contributed by atoms with Crippen molar-refractivity contribution in [2.45, 2.75) is 121 Å². The predicted octanol–water partition coefficient (Wildman–Crippen LogP) is 2.77. The van der Waals surface area contributed by atoms with Crippen molar-refractivity contribution in [3.8, 4) is 0 Å². The summed E-state index contributed by atoms with van der Waals surface area (Å²) >= 11 is 0. The Morgan fingerprint density at radius 2 is 1.35 bits per heavy atom. The van der Waals surface area contributed by atoms with Crippen molar-refractivity contribution in [1.82, 2.24) is 14.5 Å². The van der Waals surface area contributed by atoms with Crippen LogP contribution in [-0.2, 0) is 10.0 Å². The van der Waals surface area contributed by atoms with Crippen molar-refractivity contribution < 1.29 is 18.6 Å². The van der Waals surface area contributed by atoms with Crippen molar-refractivity contribution in [3.05, 3.63) is 29.3 Å². The van der Waals surface area contributed by atoms with E-state index in [-0.39, 0.29) is 17.5 Å². The van der Waals surface area contributed by atoms with E-state index in [4.69, 9.17) is 5.73 Å². The minimum absolute atomic E-state index is 0.0334. The molecule has 2 aliphatic heterocycles. The summed E-state index contributed by atoms with van der Waals surface area (Å²) in [5.74, 6) is 0. The number of sulfonamides is 1. The summed E-state index contributed by atoms with van der Waals surface area (Å²) in [6.07, 6.45) is 6.22. The van der Waals surface area contributed by atoms with Gasteiger partial charge >= 0.3 is 0 Å². The van der Waals surface area contributed by atoms with Crippen molar-refractivity contribution in [2.75, 3.05) is 26.2 Å². The lowest BCUT2D eigenvalue weighted by molar-refractivity contribution is 0.0438. The molecule has 0 bridgehead atoms. The maximum Gasteiger partial charge on any atom is 0.240 e. The molecule has 0 spiro atoms. The fourth-order valence-electron chi connectivity index (χ4n) is 5.59. The molecule has 3 rings (SSSR count). The number of aliphatic hydroxyl groups excluding tert-OH is 2. The lowest BCUT2D eigenvalue weighted by Crippen LogP contribution is -2.49. The van der Waals surface area contributed by atoms with Crippen LogP contribution in [0.4, 0.5) is 0 Å². The van der Waals surface area contributed by atoms with Gasteiger partial charge in [-0.3, -0.25) is 9.80 Å². The fourth-order valence-corrected chi connectivity index (χ4v) is 6.98. The van der Waals surface area contributed by atoms with Gasteiger partial charge in [-0.05, 0) is 84.4 Å². The number of rotatable bonds is 9. The zero-order valence-corrected chi connectivity index (χ0v) is 24.7. The number of β-amino-alcohol motifs (C(OH)–C–C–N with tert-alkyl or cyclic N) is 2. The fraction of sp³-hybridized carbons (Fsp3) is 0.786. The van der Waals surface area contributed by atoms with Crippen molar-refractivity contribution in [2.24, 2.45) is 5.73 Å². The van der Waals surface area contributed by atoms with Gasteiger partial charge < -0.3 is 15.9 Å². The molecule has 0 aromatic heterocycles. The number of piperidine rings is 2. The topological polar surface area (TPSA) is 119 Å². The average molecular weight is 541 g/mol. The monoisotopic (exact) mass is 540 g/mol. The number of benzene rings is 1. The number of nitrogens with two attached hydrogens (primary N) is 1. The summed E-state index contributed by atoms with van der Waals surface area (Å²) in [4.78, 5) is 4.94. The van der Waals surface area contributed by atoms with Crippen LogP contribution in [0.5, 0.6) is 0 Å². The van der Waals surface area contributed by atoms with E-state index in [1.807, 2.05) is 13.0 Å². The summed E-state index contributed by atoms with van der Waals surface area (Å²) in [6, 6.07) is 7.30. The van der Waals surface area contributed by atoms with E-state index in [2.05, 4.69) is 42.2 Å². The van der Waals surface area contributed by atoms with Crippen LogP contribution in [-0.4, -0.2) is 91.0 Å². The molecule has 2 heterocycles. The smallest absolute Gasteiger partial charge is 0.240 e. The predicted molar refractivity (Wildman–Crippen MR) is 151 cm³/mol. The second-order valence-corrected chi connectivity index (χ2v) is 13.0. The summed E-state index contributed by atoms with van der Waals surface area (Å²) in [5, 5.41) is 19.8. The molecule has 0 aliphatic carbocycles. The van der Waals surface area contributed by atoms with Gasteiger partial charge in [0.05, 0.1) is 17.1 Å². The molecule has 2 fully saturated rings. The number of aliphatic hydroxyl groups is 2. The highest BCUT2D eigenvalue weighted by Gasteiger charge is 2.28. The SMILES string of the molecule is C[C@@H]1CCC[C@H](C)N1C[C@@H](O)CN.Cc1cccc(S(=O)(=O)NC[C@H](O)CN2[C@H](C)CCC[C@@H]2C)c1C. The molecule has 0 unspecified atom stereocenters. The highest BCUT2D eigenvalue weighted by molar-refractivity contribution is 7.89. The van der Waals surface area contributed by atoms with Gasteiger partial charge in [0.2, 0.25) is 10.0 Å². The number of hydrogen-bond donors (Lipinski definition) is 4. The molecule has 37 heavy (non-hydrogen) atoms. The van der Waals surface area contributed by atoms with Gasteiger partial charge in [0.15, 0.2) is 0 Å². The highest BCUT2D eigenvalue weighted by Crippen LogP contribution is 2.23. The zero-order valence-electron chi connectivity index (χ0n) is 23.9. The van der Waals surface area contributed by atoms with Crippen LogP contribution in [0.15, 0.2) is 23.1 Å². The lowest BCUT2D eigenvalue weighted by Gasteiger charge is -2.40. The molecule has 0 saturated carbocycles. The van der Waals surface area contributed by atoms with E-state index in [0.717, 1.165) is 30.5 Å². The van der Waals surface area contributed by atoms with Gasteiger partial charge in [0.1, 0.15) is 0 Å². The van der Waals surface area contributed by atoms with Crippen molar-refractivity contribution >= 4 is 10.0 Å². The first kappa shape index (κ1) is 32.1. The summed E-state index contributed by atoms with van der Waals surface area (Å²) in [6.45, 7) is 14.1. The van der Waals surface area contributed by atoms with E-state index in [1.54, 1.807) is 19.1 Å². The van der Waals surface area contributed by atoms with E-state index in [1.165, 1.54) is 25.7 Å². The Kier molecular flexibility index (Phi) is 13.0. The van der Waals surface area contributed by atoms with Crippen LogP contribution >= 0.6 is 0 Å². The van der Waals surface area contributed by atoms with Gasteiger partial charge in [0.25, 0.3) is 0 Å². The lowest BCUT2D eigenvalue weighted by atomic mass is 9.97. The van der Waals surface area contributed by atoms with Crippen molar-refractivity contribution in [1.29, 1.82) is 0 Å². The Bertz CT molecular complexity index is 909. The largest absolute Gasteiger partial charge is 0.390 e. The molecule has 1 aromatic rings. The normalized spacial score (nSPS) is 27.3. The van der Waals surface area contributed by atoms with Crippen LogP contribution in [0.25, 0.3) is 0 Å². The van der Waals surface area contributed by atoms with Crippen LogP contribution < -0.4 is 10.5 Å². The first-order valence-corrected chi connectivity index (χ1v) is 15.5. The standard InChI is InChI=1S/C18H30N2O3S.C10H22N2O/c1-13-7-5-10-18(16(13)4)24(22,23)19-11-17(21)12-20-14(2)8-6-9-15(20)3;1-8-4-3-5-9(2)12(8)7-10(13)6-11/h5,7,10,14-15,17,19,21H,6,8-9,11-12H2,1-4H3;8-10,13H,3-7,11H2,1-2H3/t14-,15+,17-;8-,9+,10-/m00/s1. The Hall–Kier alpha value is -1.07. The van der Waals surface area contributed by atoms with Gasteiger partial charge in [-0.2, -0.15) is 0 Å². The summed E-state index contributed by atoms with van der Waals surface area (Å²) in [7, 11) is -3.60. The van der Waals surface area contributed by atoms with E-state index < -0.39 is 16.1 Å². The molecule has 2 saturated heterocycles. The number of likely N-dealkylation sites (tertiary alicyclic amines) is 2. The van der Waals surface area contributed by atoms with Crippen molar-refractivity contribution in [3.63, 3.8) is 0 Å². The Labute approximate surface area is 225 Å². The van der Waals surface area contributed by atoms with Crippen LogP contribution in [0.1, 0.15) is 77.3 Å². The van der Waals surface area contributed by atoms with Crippen LogP contribution in [0.2, 0.25) is 0 Å². The first-order chi connectivity index (χ1) is 17.4. The average Bonchev–Trinajstić information content (AvgIpc) is 2.84. The number of nitrogens with one attached hydrogen (secondary N) is 1. The van der Waals surface area contributed by atoms with E-state index >= 15 is 0 Å². The van der Waals surface area contributed by atoms with Gasteiger partial charge in [0, 0.05) is 50.3 Å². The Morgan fingerprint density at radius 1 is 0.892 bits per heavy atom. The van der Waals surface area contributed by atoms with Crippen LogP contribution in [0, 0.1) is 13.8 Å². The van der Waals surface area contributed by atoms with Gasteiger partial charge in [-0.25, -0.2) is 13.1 Å². The third-order valence-electron chi connectivity index (χ3n) is 8.22. The molecule has 214 valence electrons. The molecular weight excluding hydrogens is 488 g/mol. The molecule has 1 aromatic carbocycles. The first-order valence-electron chi connectivity index (χ1n) is 14.0. The number of aryl methyl sites for hydroxylation is 1. The Balaban J connectivity index is 0.000000312. The van der Waals surface area contributed by atoms with E-state index in [0.29, 0.717) is 37.3 Å². The maximum absolute atomic E-state index is 12.5. The maximum atomic E-state index is 12.5. The third kappa shape index (κ3) is 9.56. The van der Waals surface area contributed by atoms with Crippen LogP contribution in [0.3, 0.4) is 0 Å².